The molecule has 21 heavy (non-hydrogen) atoms. The van der Waals surface area contributed by atoms with Crippen molar-refractivity contribution < 1.29 is 19.8 Å². The topological polar surface area (TPSA) is 113 Å². The van der Waals surface area contributed by atoms with Crippen molar-refractivity contribution in [1.82, 2.24) is 0 Å². The Labute approximate surface area is 121 Å². The monoisotopic (exact) mass is 288 g/mol. The van der Waals surface area contributed by atoms with Crippen LogP contribution in [-0.4, -0.2) is 22.2 Å². The highest BCUT2D eigenvalue weighted by Gasteiger charge is 2.36. The number of hydrogen-bond donors (Lipinski definition) is 4. The molecule has 1 aliphatic rings. The van der Waals surface area contributed by atoms with Crippen molar-refractivity contribution in [2.24, 2.45) is 5.41 Å². The van der Waals surface area contributed by atoms with Crippen molar-refractivity contribution in [2.45, 2.75) is 13.3 Å². The van der Waals surface area contributed by atoms with Crippen molar-refractivity contribution in [3.8, 4) is 0 Å². The van der Waals surface area contributed by atoms with Gasteiger partial charge in [-0.3, -0.25) is 4.79 Å². The van der Waals surface area contributed by atoms with Crippen LogP contribution < -0.4 is 11.1 Å². The third-order valence-corrected chi connectivity index (χ3v) is 3.36. The standard InChI is InChI=1S/C15H16N2O4/c1-15(14(20)21)7-9(13(18)19)6-10(8-15)17-12-5-3-2-4-11(12)16/h2-6,8,17H,7,16H2,1H3,(H,18,19)(H,20,21). The van der Waals surface area contributed by atoms with E-state index in [4.69, 9.17) is 10.8 Å². The molecule has 0 amide bonds. The van der Waals surface area contributed by atoms with Crippen molar-refractivity contribution >= 4 is 23.3 Å². The van der Waals surface area contributed by atoms with Gasteiger partial charge >= 0.3 is 11.9 Å². The molecule has 1 atom stereocenters. The molecule has 1 aromatic rings. The lowest BCUT2D eigenvalue weighted by Gasteiger charge is -2.27. The summed E-state index contributed by atoms with van der Waals surface area (Å²) in [5.74, 6) is -2.20. The Hall–Kier alpha value is -2.76. The number of aliphatic carboxylic acids is 2. The maximum atomic E-state index is 11.4. The summed E-state index contributed by atoms with van der Waals surface area (Å²) in [6.07, 6.45) is 2.88. The molecule has 1 aliphatic carbocycles. The summed E-state index contributed by atoms with van der Waals surface area (Å²) in [6, 6.07) is 6.98. The lowest BCUT2D eigenvalue weighted by Crippen LogP contribution is -2.30. The summed E-state index contributed by atoms with van der Waals surface area (Å²) in [5, 5.41) is 21.4. The number of nitrogens with one attached hydrogen (secondary N) is 1. The first-order chi connectivity index (χ1) is 9.82. The second kappa shape index (κ2) is 5.32. The van der Waals surface area contributed by atoms with Gasteiger partial charge in [-0.2, -0.15) is 0 Å². The van der Waals surface area contributed by atoms with E-state index in [1.165, 1.54) is 19.1 Å². The first kappa shape index (κ1) is 14.6. The number of anilines is 2. The van der Waals surface area contributed by atoms with Gasteiger partial charge in [0.2, 0.25) is 0 Å². The largest absolute Gasteiger partial charge is 0.481 e. The first-order valence-corrected chi connectivity index (χ1v) is 6.33. The molecule has 0 aliphatic heterocycles. The first-order valence-electron chi connectivity index (χ1n) is 6.33. The Morgan fingerprint density at radius 1 is 1.29 bits per heavy atom. The van der Waals surface area contributed by atoms with Gasteiger partial charge in [0.25, 0.3) is 0 Å². The molecule has 110 valence electrons. The molecule has 1 unspecified atom stereocenters. The van der Waals surface area contributed by atoms with E-state index in [-0.39, 0.29) is 12.0 Å². The number of carboxylic acid groups (broad SMARTS) is 2. The minimum absolute atomic E-state index is 0.0411. The van der Waals surface area contributed by atoms with Gasteiger partial charge in [-0.1, -0.05) is 12.1 Å². The number of rotatable bonds is 4. The van der Waals surface area contributed by atoms with Crippen LogP contribution in [0.4, 0.5) is 11.4 Å². The van der Waals surface area contributed by atoms with E-state index in [9.17, 15) is 14.7 Å². The molecule has 6 nitrogen and oxygen atoms in total. The summed E-state index contributed by atoms with van der Waals surface area (Å²) in [5.41, 5.74) is 6.08. The van der Waals surface area contributed by atoms with Crippen LogP contribution >= 0.6 is 0 Å². The smallest absolute Gasteiger partial charge is 0.331 e. The lowest BCUT2D eigenvalue weighted by atomic mass is 9.79. The van der Waals surface area contributed by atoms with Gasteiger partial charge in [0, 0.05) is 11.3 Å². The van der Waals surface area contributed by atoms with Crippen LogP contribution in [-0.2, 0) is 9.59 Å². The number of para-hydroxylation sites is 2. The predicted octanol–water partition coefficient (Wildman–Crippen LogP) is 2.07. The Kier molecular flexibility index (Phi) is 3.71. The van der Waals surface area contributed by atoms with Crippen LogP contribution in [0.25, 0.3) is 0 Å². The van der Waals surface area contributed by atoms with Crippen LogP contribution in [0.15, 0.2) is 47.7 Å². The Bertz CT molecular complexity index is 663. The number of hydrogen-bond acceptors (Lipinski definition) is 4. The molecule has 0 radical (unpaired) electrons. The lowest BCUT2D eigenvalue weighted by molar-refractivity contribution is -0.145. The fourth-order valence-electron chi connectivity index (χ4n) is 2.18. The molecule has 0 fully saturated rings. The Morgan fingerprint density at radius 2 is 1.95 bits per heavy atom. The predicted molar refractivity (Wildman–Crippen MR) is 78.6 cm³/mol. The fourth-order valence-corrected chi connectivity index (χ4v) is 2.18. The van der Waals surface area contributed by atoms with Gasteiger partial charge in [0.1, 0.15) is 0 Å². The Balaban J connectivity index is 2.39. The third-order valence-electron chi connectivity index (χ3n) is 3.36. The molecule has 0 saturated carbocycles. The van der Waals surface area contributed by atoms with Crippen LogP contribution in [0, 0.1) is 5.41 Å². The molecule has 6 heteroatoms. The molecule has 5 N–H and O–H groups in total. The van der Waals surface area contributed by atoms with Gasteiger partial charge in [0.15, 0.2) is 0 Å². The molecule has 0 heterocycles. The number of nitrogens with two attached hydrogens (primary N) is 1. The highest BCUT2D eigenvalue weighted by atomic mass is 16.4. The number of allylic oxidation sites excluding steroid dienone is 1. The van der Waals surface area contributed by atoms with E-state index in [1.807, 2.05) is 0 Å². The van der Waals surface area contributed by atoms with E-state index in [1.54, 1.807) is 24.3 Å². The van der Waals surface area contributed by atoms with Gasteiger partial charge in [0.05, 0.1) is 16.8 Å². The molecule has 0 bridgehead atoms. The second-order valence-electron chi connectivity index (χ2n) is 5.19. The second-order valence-corrected chi connectivity index (χ2v) is 5.19. The van der Waals surface area contributed by atoms with Crippen molar-refractivity contribution in [1.29, 1.82) is 0 Å². The molecule has 1 aromatic carbocycles. The quantitative estimate of drug-likeness (QED) is 0.631. The van der Waals surface area contributed by atoms with Gasteiger partial charge in [-0.25, -0.2) is 4.79 Å². The van der Waals surface area contributed by atoms with E-state index in [0.29, 0.717) is 17.1 Å². The summed E-state index contributed by atoms with van der Waals surface area (Å²) in [4.78, 5) is 22.6. The minimum Gasteiger partial charge on any atom is -0.481 e. The zero-order chi connectivity index (χ0) is 15.6. The molecular formula is C15H16N2O4. The third kappa shape index (κ3) is 3.05. The average molecular weight is 288 g/mol. The van der Waals surface area contributed by atoms with Gasteiger partial charge in [-0.15, -0.1) is 0 Å². The van der Waals surface area contributed by atoms with Crippen LogP contribution in [0.3, 0.4) is 0 Å². The zero-order valence-corrected chi connectivity index (χ0v) is 11.5. The molecule has 0 spiro atoms. The summed E-state index contributed by atoms with van der Waals surface area (Å²) in [6.45, 7) is 1.49. The summed E-state index contributed by atoms with van der Waals surface area (Å²) < 4.78 is 0. The van der Waals surface area contributed by atoms with Crippen molar-refractivity contribution in [3.05, 3.63) is 47.7 Å². The van der Waals surface area contributed by atoms with Gasteiger partial charge in [-0.05, 0) is 37.6 Å². The minimum atomic E-state index is -1.27. The van der Waals surface area contributed by atoms with Crippen LogP contribution in [0.1, 0.15) is 13.3 Å². The number of benzene rings is 1. The van der Waals surface area contributed by atoms with Crippen molar-refractivity contribution in [3.63, 3.8) is 0 Å². The maximum absolute atomic E-state index is 11.4. The van der Waals surface area contributed by atoms with Crippen LogP contribution in [0.2, 0.25) is 0 Å². The van der Waals surface area contributed by atoms with E-state index in [0.717, 1.165) is 0 Å². The van der Waals surface area contributed by atoms with E-state index < -0.39 is 17.4 Å². The average Bonchev–Trinajstić information content (AvgIpc) is 2.40. The van der Waals surface area contributed by atoms with Crippen molar-refractivity contribution in [2.75, 3.05) is 11.1 Å². The number of nitrogen functional groups attached to an aromatic ring is 1. The number of carboxylic acids is 2. The van der Waals surface area contributed by atoms with Gasteiger partial charge < -0.3 is 21.3 Å². The fraction of sp³-hybridized carbons (Fsp3) is 0.200. The summed E-state index contributed by atoms with van der Waals surface area (Å²) in [7, 11) is 0. The highest BCUT2D eigenvalue weighted by molar-refractivity contribution is 5.91. The highest BCUT2D eigenvalue weighted by Crippen LogP contribution is 2.35. The molecule has 0 aromatic heterocycles. The molecular weight excluding hydrogens is 272 g/mol. The van der Waals surface area contributed by atoms with Crippen LogP contribution in [0.5, 0.6) is 0 Å². The zero-order valence-electron chi connectivity index (χ0n) is 11.5. The number of carbonyl (C=O) groups is 2. The molecule has 0 saturated heterocycles. The van der Waals surface area contributed by atoms with E-state index >= 15 is 0 Å². The SMILES string of the molecule is CC1(C(=O)O)C=C(Nc2ccccc2N)C=C(C(=O)O)C1. The maximum Gasteiger partial charge on any atom is 0.331 e. The van der Waals surface area contributed by atoms with E-state index in [2.05, 4.69) is 5.32 Å². The molecule has 2 rings (SSSR count). The summed E-state index contributed by atoms with van der Waals surface area (Å²) >= 11 is 0. The Morgan fingerprint density at radius 3 is 2.52 bits per heavy atom. The normalized spacial score (nSPS) is 21.2.